The van der Waals surface area contributed by atoms with Gasteiger partial charge in [-0.3, -0.25) is 9.78 Å². The third kappa shape index (κ3) is 4.46. The summed E-state index contributed by atoms with van der Waals surface area (Å²) in [5.74, 6) is 0.610. The van der Waals surface area contributed by atoms with Crippen LogP contribution in [0.15, 0.2) is 55.0 Å². The molecule has 1 saturated heterocycles. The number of ether oxygens (including phenoxy) is 1. The number of nitrogens with zero attached hydrogens (tertiary/aromatic N) is 4. The van der Waals surface area contributed by atoms with Gasteiger partial charge in [-0.05, 0) is 36.1 Å². The van der Waals surface area contributed by atoms with Crippen LogP contribution in [-0.4, -0.2) is 47.7 Å². The highest BCUT2D eigenvalue weighted by atomic mass is 16.5. The van der Waals surface area contributed by atoms with Gasteiger partial charge in [0.1, 0.15) is 6.10 Å². The first-order valence-electron chi connectivity index (χ1n) is 10.1. The van der Waals surface area contributed by atoms with Crippen molar-refractivity contribution in [3.05, 3.63) is 60.6 Å². The van der Waals surface area contributed by atoms with E-state index in [2.05, 4.69) is 15.3 Å². The summed E-state index contributed by atoms with van der Waals surface area (Å²) in [6, 6.07) is 12.0. The fourth-order valence-electron chi connectivity index (χ4n) is 3.42. The zero-order valence-electron chi connectivity index (χ0n) is 17.2. The summed E-state index contributed by atoms with van der Waals surface area (Å²) in [4.78, 5) is 27.4. The minimum atomic E-state index is -0.308. The average molecular weight is 403 g/mol. The van der Waals surface area contributed by atoms with Crippen LogP contribution in [0.5, 0.6) is 0 Å². The number of rotatable bonds is 6. The number of pyridine rings is 1. The van der Waals surface area contributed by atoms with E-state index in [4.69, 9.17) is 9.72 Å². The van der Waals surface area contributed by atoms with Crippen LogP contribution < -0.4 is 10.2 Å². The van der Waals surface area contributed by atoms with E-state index in [0.717, 1.165) is 40.8 Å². The summed E-state index contributed by atoms with van der Waals surface area (Å²) >= 11 is 0. The number of hydrogen-bond acceptors (Lipinski definition) is 6. The van der Waals surface area contributed by atoms with Gasteiger partial charge in [0.15, 0.2) is 0 Å². The number of aromatic nitrogens is 3. The molecule has 1 aliphatic heterocycles. The van der Waals surface area contributed by atoms with Crippen molar-refractivity contribution in [1.29, 1.82) is 0 Å². The number of benzene rings is 1. The molecule has 0 aliphatic carbocycles. The predicted octanol–water partition coefficient (Wildman–Crippen LogP) is 3.07. The lowest BCUT2D eigenvalue weighted by molar-refractivity contribution is -0.130. The summed E-state index contributed by atoms with van der Waals surface area (Å²) in [7, 11) is 3.84. The SMILES string of the molecule is CN(C)c1ncc(-c2ccncc2)c(-c2ccc(CNC(=O)C3CCCO3)cc2)n1. The molecule has 7 nitrogen and oxygen atoms in total. The standard InChI is InChI=1S/C23H25N5O2/c1-28(2)23-26-15-19(17-9-11-24-12-10-17)21(27-23)18-7-5-16(6-8-18)14-25-22(29)20-4-3-13-30-20/h5-12,15,20H,3-4,13-14H2,1-2H3,(H,25,29). The lowest BCUT2D eigenvalue weighted by Gasteiger charge is -2.15. The lowest BCUT2D eigenvalue weighted by atomic mass is 10.0. The van der Waals surface area contributed by atoms with E-state index < -0.39 is 0 Å². The monoisotopic (exact) mass is 403 g/mol. The second-order valence-electron chi connectivity index (χ2n) is 7.48. The van der Waals surface area contributed by atoms with Crippen molar-refractivity contribution in [1.82, 2.24) is 20.3 Å². The van der Waals surface area contributed by atoms with E-state index in [-0.39, 0.29) is 12.0 Å². The normalized spacial score (nSPS) is 15.7. The summed E-state index contributed by atoms with van der Waals surface area (Å²) in [5, 5.41) is 2.96. The van der Waals surface area contributed by atoms with Gasteiger partial charge in [-0.25, -0.2) is 9.97 Å². The van der Waals surface area contributed by atoms with E-state index in [9.17, 15) is 4.79 Å². The first kappa shape index (κ1) is 20.0. The minimum Gasteiger partial charge on any atom is -0.368 e. The van der Waals surface area contributed by atoms with Crippen LogP contribution in [0.3, 0.4) is 0 Å². The molecule has 0 spiro atoms. The van der Waals surface area contributed by atoms with Crippen molar-refractivity contribution < 1.29 is 9.53 Å². The van der Waals surface area contributed by atoms with Crippen LogP contribution in [-0.2, 0) is 16.1 Å². The van der Waals surface area contributed by atoms with Crippen molar-refractivity contribution in [3.63, 3.8) is 0 Å². The number of anilines is 1. The van der Waals surface area contributed by atoms with Gasteiger partial charge in [-0.15, -0.1) is 0 Å². The summed E-state index contributed by atoms with van der Waals surface area (Å²) in [5.41, 5.74) is 4.83. The van der Waals surface area contributed by atoms with Crippen LogP contribution in [0.4, 0.5) is 5.95 Å². The predicted molar refractivity (Wildman–Crippen MR) is 116 cm³/mol. The maximum atomic E-state index is 12.1. The fraction of sp³-hybridized carbons (Fsp3) is 0.304. The summed E-state index contributed by atoms with van der Waals surface area (Å²) in [6.45, 7) is 1.14. The molecule has 2 aromatic heterocycles. The van der Waals surface area contributed by atoms with Gasteiger partial charge >= 0.3 is 0 Å². The van der Waals surface area contributed by atoms with Gasteiger partial charge in [0.05, 0.1) is 5.69 Å². The Labute approximate surface area is 176 Å². The molecule has 4 rings (SSSR count). The molecular weight excluding hydrogens is 378 g/mol. The minimum absolute atomic E-state index is 0.0389. The van der Waals surface area contributed by atoms with Crippen molar-refractivity contribution in [2.24, 2.45) is 0 Å². The molecule has 3 aromatic rings. The van der Waals surface area contributed by atoms with E-state index in [1.165, 1.54) is 0 Å². The van der Waals surface area contributed by atoms with Gasteiger partial charge in [0.2, 0.25) is 11.9 Å². The molecule has 1 aromatic carbocycles. The van der Waals surface area contributed by atoms with Crippen LogP contribution in [0.2, 0.25) is 0 Å². The quantitative estimate of drug-likeness (QED) is 0.681. The fourth-order valence-corrected chi connectivity index (χ4v) is 3.42. The molecule has 1 amide bonds. The Balaban J connectivity index is 1.57. The highest BCUT2D eigenvalue weighted by Crippen LogP contribution is 2.31. The van der Waals surface area contributed by atoms with E-state index in [1.807, 2.05) is 61.6 Å². The van der Waals surface area contributed by atoms with Gasteiger partial charge < -0.3 is 15.0 Å². The number of amides is 1. The van der Waals surface area contributed by atoms with Crippen molar-refractivity contribution in [2.45, 2.75) is 25.5 Å². The van der Waals surface area contributed by atoms with Crippen LogP contribution in [0.1, 0.15) is 18.4 Å². The summed E-state index contributed by atoms with van der Waals surface area (Å²) < 4.78 is 5.43. The Hall–Kier alpha value is -3.32. The molecule has 1 unspecified atom stereocenters. The van der Waals surface area contributed by atoms with Gasteiger partial charge in [-0.1, -0.05) is 24.3 Å². The highest BCUT2D eigenvalue weighted by molar-refractivity contribution is 5.82. The van der Waals surface area contributed by atoms with Crippen LogP contribution >= 0.6 is 0 Å². The molecular formula is C23H25N5O2. The number of carbonyl (C=O) groups is 1. The maximum Gasteiger partial charge on any atom is 0.249 e. The van der Waals surface area contributed by atoms with Crippen molar-refractivity contribution in [3.8, 4) is 22.4 Å². The maximum absolute atomic E-state index is 12.1. The zero-order chi connectivity index (χ0) is 20.9. The smallest absolute Gasteiger partial charge is 0.249 e. The molecule has 30 heavy (non-hydrogen) atoms. The Kier molecular flexibility index (Phi) is 5.99. The zero-order valence-corrected chi connectivity index (χ0v) is 17.2. The molecule has 0 saturated carbocycles. The molecule has 154 valence electrons. The molecule has 7 heteroatoms. The highest BCUT2D eigenvalue weighted by Gasteiger charge is 2.23. The van der Waals surface area contributed by atoms with Crippen LogP contribution in [0.25, 0.3) is 22.4 Å². The number of carbonyl (C=O) groups excluding carboxylic acids is 1. The number of nitrogens with one attached hydrogen (secondary N) is 1. The molecule has 1 N–H and O–H groups in total. The third-order valence-corrected chi connectivity index (χ3v) is 5.08. The lowest BCUT2D eigenvalue weighted by Crippen LogP contribution is -2.33. The molecule has 1 fully saturated rings. The first-order chi connectivity index (χ1) is 14.6. The summed E-state index contributed by atoms with van der Waals surface area (Å²) in [6.07, 6.45) is 6.81. The Bertz CT molecular complexity index is 1000. The van der Waals surface area contributed by atoms with Gasteiger partial charge in [0, 0.05) is 57.0 Å². The van der Waals surface area contributed by atoms with Crippen LogP contribution in [0, 0.1) is 0 Å². The van der Waals surface area contributed by atoms with Crippen molar-refractivity contribution >= 4 is 11.9 Å². The second-order valence-corrected chi connectivity index (χ2v) is 7.48. The molecule has 1 aliphatic rings. The van der Waals surface area contributed by atoms with Gasteiger partial charge in [-0.2, -0.15) is 0 Å². The largest absolute Gasteiger partial charge is 0.368 e. The Morgan fingerprint density at radius 3 is 2.57 bits per heavy atom. The Morgan fingerprint density at radius 2 is 1.90 bits per heavy atom. The molecule has 0 bridgehead atoms. The van der Waals surface area contributed by atoms with E-state index >= 15 is 0 Å². The second kappa shape index (κ2) is 9.00. The first-order valence-corrected chi connectivity index (χ1v) is 10.1. The number of hydrogen-bond donors (Lipinski definition) is 1. The van der Waals surface area contributed by atoms with E-state index in [1.54, 1.807) is 12.4 Å². The molecule has 3 heterocycles. The average Bonchev–Trinajstić information content (AvgIpc) is 3.33. The molecule has 1 atom stereocenters. The van der Waals surface area contributed by atoms with Gasteiger partial charge in [0.25, 0.3) is 0 Å². The van der Waals surface area contributed by atoms with Crippen molar-refractivity contribution in [2.75, 3.05) is 25.6 Å². The Morgan fingerprint density at radius 1 is 1.13 bits per heavy atom. The topological polar surface area (TPSA) is 80.2 Å². The molecule has 0 radical (unpaired) electrons. The third-order valence-electron chi connectivity index (χ3n) is 5.08. The van der Waals surface area contributed by atoms with E-state index in [0.29, 0.717) is 19.1 Å².